The number of amides is 2. The number of carbonyl (C=O) groups excluding carboxylic acids is 2. The molecule has 0 atom stereocenters. The minimum Gasteiger partial charge on any atom is -0.446 e. The van der Waals surface area contributed by atoms with Gasteiger partial charge in [0.05, 0.1) is 0 Å². The number of unbranched alkanes of at least 4 members (excludes halogenated alkanes) is 2. The molecule has 0 aliphatic carbocycles. The Kier molecular flexibility index (Phi) is 7.49. The van der Waals surface area contributed by atoms with Gasteiger partial charge in [-0.25, -0.2) is 10.9 Å². The Bertz CT molecular complexity index is 476. The molecular weight excluding hydrogens is 272 g/mol. The Morgan fingerprint density at radius 3 is 1.81 bits per heavy atom. The molecule has 0 radical (unpaired) electrons. The van der Waals surface area contributed by atoms with E-state index in [1.54, 1.807) is 12.4 Å². The average molecular weight is 292 g/mol. The van der Waals surface area contributed by atoms with Crippen LogP contribution in [0.25, 0.3) is 0 Å². The molecule has 0 saturated carbocycles. The number of carbonyl (C=O) groups is 2. The Morgan fingerprint density at radius 2 is 1.43 bits per heavy atom. The first-order valence-electron chi connectivity index (χ1n) is 6.92. The summed E-state index contributed by atoms with van der Waals surface area (Å²) in [6.45, 7) is 4.02. The highest BCUT2D eigenvalue weighted by Crippen LogP contribution is 2.07. The van der Waals surface area contributed by atoms with E-state index in [0.717, 1.165) is 25.7 Å². The van der Waals surface area contributed by atoms with Gasteiger partial charge < -0.3 is 4.42 Å². The normalized spacial score (nSPS) is 11.1. The molecule has 1 aromatic heterocycles. The fraction of sp³-hybridized carbons (Fsp3) is 0.429. The molecule has 0 bridgehead atoms. The average Bonchev–Trinajstić information content (AvgIpc) is 2.98. The maximum absolute atomic E-state index is 11.7. The lowest BCUT2D eigenvalue weighted by atomic mass is 10.4. The van der Waals surface area contributed by atoms with E-state index in [0.29, 0.717) is 0 Å². The number of furan rings is 1. The van der Waals surface area contributed by atoms with Crippen LogP contribution in [0, 0.1) is 0 Å². The number of nitrogens with one attached hydrogen (secondary N) is 2. The van der Waals surface area contributed by atoms with Crippen molar-refractivity contribution in [3.05, 3.63) is 23.7 Å². The minimum absolute atomic E-state index is 0.0198. The van der Waals surface area contributed by atoms with Gasteiger partial charge in [-0.1, -0.05) is 26.7 Å². The van der Waals surface area contributed by atoms with E-state index >= 15 is 0 Å². The lowest BCUT2D eigenvalue weighted by Gasteiger charge is -1.96. The molecule has 0 spiro atoms. The van der Waals surface area contributed by atoms with E-state index in [9.17, 15) is 9.59 Å². The fourth-order valence-electron chi connectivity index (χ4n) is 1.29. The Morgan fingerprint density at radius 1 is 1.00 bits per heavy atom. The van der Waals surface area contributed by atoms with Crippen LogP contribution in [-0.2, 0) is 0 Å². The van der Waals surface area contributed by atoms with Crippen LogP contribution in [0.2, 0.25) is 0 Å². The first-order chi connectivity index (χ1) is 10.2. The molecule has 7 nitrogen and oxygen atoms in total. The second-order valence-electron chi connectivity index (χ2n) is 4.25. The fourth-order valence-corrected chi connectivity index (χ4v) is 1.29. The van der Waals surface area contributed by atoms with E-state index in [4.69, 9.17) is 4.42 Å². The van der Waals surface area contributed by atoms with E-state index in [2.05, 4.69) is 21.1 Å². The smallest absolute Gasteiger partial charge is 0.307 e. The summed E-state index contributed by atoms with van der Waals surface area (Å²) in [6.07, 6.45) is 6.67. The van der Waals surface area contributed by atoms with Crippen molar-refractivity contribution >= 4 is 24.2 Å². The SMILES string of the molecule is CCC/C=N/NC(=O)c1ccc(C(=O)N/N=C/CCC)o1. The van der Waals surface area contributed by atoms with Gasteiger partial charge in [-0.15, -0.1) is 0 Å². The molecule has 0 fully saturated rings. The number of rotatable bonds is 8. The summed E-state index contributed by atoms with van der Waals surface area (Å²) >= 11 is 0. The molecule has 21 heavy (non-hydrogen) atoms. The summed E-state index contributed by atoms with van der Waals surface area (Å²) in [4.78, 5) is 23.3. The second kappa shape index (κ2) is 9.46. The predicted molar refractivity (Wildman–Crippen MR) is 80.4 cm³/mol. The van der Waals surface area contributed by atoms with Gasteiger partial charge >= 0.3 is 11.8 Å². The lowest BCUT2D eigenvalue weighted by Crippen LogP contribution is -2.18. The molecule has 0 aromatic carbocycles. The van der Waals surface area contributed by atoms with Crippen molar-refractivity contribution < 1.29 is 14.0 Å². The van der Waals surface area contributed by atoms with Crippen LogP contribution in [-0.4, -0.2) is 24.2 Å². The largest absolute Gasteiger partial charge is 0.446 e. The molecule has 1 heterocycles. The molecule has 0 aliphatic heterocycles. The summed E-state index contributed by atoms with van der Waals surface area (Å²) in [5.74, 6) is -0.968. The van der Waals surface area contributed by atoms with Crippen LogP contribution in [0.1, 0.15) is 60.6 Å². The molecule has 7 heteroatoms. The maximum atomic E-state index is 11.7. The van der Waals surface area contributed by atoms with Crippen LogP contribution < -0.4 is 10.9 Å². The van der Waals surface area contributed by atoms with Crippen LogP contribution in [0.3, 0.4) is 0 Å². The number of hydrogen-bond donors (Lipinski definition) is 2. The Balaban J connectivity index is 2.51. The predicted octanol–water partition coefficient (Wildman–Crippen LogP) is 2.31. The van der Waals surface area contributed by atoms with Gasteiger partial charge in [-0.05, 0) is 25.0 Å². The van der Waals surface area contributed by atoms with Gasteiger partial charge in [0, 0.05) is 12.4 Å². The van der Waals surface area contributed by atoms with Gasteiger partial charge in [0.15, 0.2) is 11.5 Å². The molecule has 2 N–H and O–H groups in total. The van der Waals surface area contributed by atoms with Gasteiger partial charge in [0.25, 0.3) is 0 Å². The zero-order chi connectivity index (χ0) is 15.5. The van der Waals surface area contributed by atoms with Crippen molar-refractivity contribution in [3.8, 4) is 0 Å². The second-order valence-corrected chi connectivity index (χ2v) is 4.25. The van der Waals surface area contributed by atoms with E-state index in [1.165, 1.54) is 12.1 Å². The summed E-state index contributed by atoms with van der Waals surface area (Å²) < 4.78 is 5.15. The molecule has 0 unspecified atom stereocenters. The summed E-state index contributed by atoms with van der Waals surface area (Å²) in [5.41, 5.74) is 4.64. The zero-order valence-electron chi connectivity index (χ0n) is 12.3. The molecule has 114 valence electrons. The third kappa shape index (κ3) is 6.03. The summed E-state index contributed by atoms with van der Waals surface area (Å²) in [5, 5.41) is 7.51. The highest BCUT2D eigenvalue weighted by molar-refractivity contribution is 5.95. The van der Waals surface area contributed by atoms with Gasteiger partial charge in [-0.2, -0.15) is 10.2 Å². The number of nitrogens with zero attached hydrogens (tertiary/aromatic N) is 2. The monoisotopic (exact) mass is 292 g/mol. The van der Waals surface area contributed by atoms with Gasteiger partial charge in [-0.3, -0.25) is 9.59 Å². The highest BCUT2D eigenvalue weighted by Gasteiger charge is 2.14. The quantitative estimate of drug-likeness (QED) is 0.568. The topological polar surface area (TPSA) is 96.1 Å². The van der Waals surface area contributed by atoms with E-state index in [-0.39, 0.29) is 11.5 Å². The first kappa shape index (κ1) is 16.6. The molecular formula is C14H20N4O3. The van der Waals surface area contributed by atoms with Crippen molar-refractivity contribution in [2.45, 2.75) is 39.5 Å². The van der Waals surface area contributed by atoms with Gasteiger partial charge in [0.2, 0.25) is 0 Å². The number of hydrogen-bond acceptors (Lipinski definition) is 5. The van der Waals surface area contributed by atoms with Crippen molar-refractivity contribution in [1.29, 1.82) is 0 Å². The van der Waals surface area contributed by atoms with Crippen molar-refractivity contribution in [1.82, 2.24) is 10.9 Å². The number of hydrazone groups is 2. The molecule has 2 amide bonds. The standard InChI is InChI=1S/C14H20N4O3/c1-3-5-9-15-17-13(19)11-7-8-12(21-11)14(20)18-16-10-6-4-2/h7-10H,3-6H2,1-2H3,(H,17,19)(H,18,20)/b15-9+,16-10+. The van der Waals surface area contributed by atoms with Crippen LogP contribution in [0.5, 0.6) is 0 Å². The molecule has 1 aromatic rings. The third-order valence-corrected chi connectivity index (χ3v) is 2.40. The first-order valence-corrected chi connectivity index (χ1v) is 6.92. The zero-order valence-corrected chi connectivity index (χ0v) is 12.3. The van der Waals surface area contributed by atoms with Crippen molar-refractivity contribution in [2.75, 3.05) is 0 Å². The molecule has 1 rings (SSSR count). The van der Waals surface area contributed by atoms with Crippen LogP contribution in [0.4, 0.5) is 0 Å². The van der Waals surface area contributed by atoms with Crippen LogP contribution in [0.15, 0.2) is 26.8 Å². The van der Waals surface area contributed by atoms with Gasteiger partial charge in [0.1, 0.15) is 0 Å². The minimum atomic E-state index is -0.504. The molecule has 0 aliphatic rings. The Labute approximate surface area is 123 Å². The van der Waals surface area contributed by atoms with Crippen molar-refractivity contribution in [3.63, 3.8) is 0 Å². The Hall–Kier alpha value is -2.44. The van der Waals surface area contributed by atoms with Crippen LogP contribution >= 0.6 is 0 Å². The van der Waals surface area contributed by atoms with E-state index < -0.39 is 11.8 Å². The third-order valence-electron chi connectivity index (χ3n) is 2.40. The highest BCUT2D eigenvalue weighted by atomic mass is 16.4. The van der Waals surface area contributed by atoms with Crippen molar-refractivity contribution in [2.24, 2.45) is 10.2 Å². The summed E-state index contributed by atoms with van der Waals surface area (Å²) in [6, 6.07) is 2.82. The molecule has 0 saturated heterocycles. The maximum Gasteiger partial charge on any atom is 0.307 e. The lowest BCUT2D eigenvalue weighted by molar-refractivity contribution is 0.0902. The summed E-state index contributed by atoms with van der Waals surface area (Å²) in [7, 11) is 0. The van der Waals surface area contributed by atoms with E-state index in [1.807, 2.05) is 13.8 Å².